The second kappa shape index (κ2) is 4.97. The standard InChI is InChI=1S/C15H12INO3/c1-19-13-6-8(15(18)20-2)5-11-10-7-9(16)3-4-12(10)17-14(11)13/h3-7,17H,1-2H3. The molecule has 0 bridgehead atoms. The summed E-state index contributed by atoms with van der Waals surface area (Å²) >= 11 is 2.27. The summed E-state index contributed by atoms with van der Waals surface area (Å²) in [6.07, 6.45) is 0. The van der Waals surface area contributed by atoms with Gasteiger partial charge in [0.15, 0.2) is 0 Å². The highest BCUT2D eigenvalue weighted by Gasteiger charge is 2.15. The Balaban J connectivity index is 2.41. The van der Waals surface area contributed by atoms with Crippen LogP contribution in [0.4, 0.5) is 0 Å². The highest BCUT2D eigenvalue weighted by Crippen LogP contribution is 2.33. The third-order valence-electron chi connectivity index (χ3n) is 3.27. The maximum Gasteiger partial charge on any atom is 0.338 e. The van der Waals surface area contributed by atoms with E-state index in [1.54, 1.807) is 13.2 Å². The lowest BCUT2D eigenvalue weighted by molar-refractivity contribution is 0.0600. The molecule has 3 aromatic rings. The molecule has 0 aliphatic carbocycles. The molecular weight excluding hydrogens is 369 g/mol. The molecule has 0 aliphatic heterocycles. The van der Waals surface area contributed by atoms with Gasteiger partial charge in [-0.05, 0) is 52.9 Å². The van der Waals surface area contributed by atoms with Crippen molar-refractivity contribution in [1.82, 2.24) is 4.98 Å². The first kappa shape index (κ1) is 13.2. The number of aromatic nitrogens is 1. The highest BCUT2D eigenvalue weighted by molar-refractivity contribution is 14.1. The van der Waals surface area contributed by atoms with Crippen LogP contribution in [0.1, 0.15) is 10.4 Å². The topological polar surface area (TPSA) is 51.3 Å². The van der Waals surface area contributed by atoms with Crippen molar-refractivity contribution in [1.29, 1.82) is 0 Å². The number of carbonyl (C=O) groups is 1. The molecule has 1 aromatic heterocycles. The number of ether oxygens (including phenoxy) is 2. The normalized spacial score (nSPS) is 10.9. The van der Waals surface area contributed by atoms with E-state index in [1.807, 2.05) is 18.2 Å². The zero-order valence-corrected chi connectivity index (χ0v) is 13.1. The number of carbonyl (C=O) groups excluding carboxylic acids is 1. The Kier molecular flexibility index (Phi) is 3.29. The summed E-state index contributed by atoms with van der Waals surface area (Å²) < 4.78 is 11.3. The maximum atomic E-state index is 11.8. The minimum absolute atomic E-state index is 0.370. The third kappa shape index (κ3) is 2.02. The number of nitrogens with one attached hydrogen (secondary N) is 1. The van der Waals surface area contributed by atoms with E-state index in [9.17, 15) is 4.79 Å². The fraction of sp³-hybridized carbons (Fsp3) is 0.133. The summed E-state index contributed by atoms with van der Waals surface area (Å²) in [6.45, 7) is 0. The predicted molar refractivity (Wildman–Crippen MR) is 86.4 cm³/mol. The van der Waals surface area contributed by atoms with Gasteiger partial charge in [0.1, 0.15) is 5.75 Å². The van der Waals surface area contributed by atoms with E-state index < -0.39 is 0 Å². The van der Waals surface area contributed by atoms with Crippen molar-refractivity contribution in [2.24, 2.45) is 0 Å². The third-order valence-corrected chi connectivity index (χ3v) is 3.95. The number of fused-ring (bicyclic) bond motifs is 3. The van der Waals surface area contributed by atoms with Crippen LogP contribution in [0.5, 0.6) is 5.75 Å². The number of hydrogen-bond acceptors (Lipinski definition) is 3. The Labute approximate surface area is 129 Å². The minimum Gasteiger partial charge on any atom is -0.495 e. The van der Waals surface area contributed by atoms with Crippen molar-refractivity contribution in [3.05, 3.63) is 39.5 Å². The molecular formula is C15H12INO3. The van der Waals surface area contributed by atoms with Gasteiger partial charge in [0, 0.05) is 19.9 Å². The molecule has 0 radical (unpaired) electrons. The van der Waals surface area contributed by atoms with Crippen LogP contribution in [0.25, 0.3) is 21.8 Å². The van der Waals surface area contributed by atoms with Gasteiger partial charge in [0.05, 0.1) is 25.3 Å². The van der Waals surface area contributed by atoms with Crippen LogP contribution < -0.4 is 4.74 Å². The maximum absolute atomic E-state index is 11.8. The summed E-state index contributed by atoms with van der Waals surface area (Å²) in [5.74, 6) is 0.263. The van der Waals surface area contributed by atoms with Gasteiger partial charge in [0.2, 0.25) is 0 Å². The molecule has 20 heavy (non-hydrogen) atoms. The zero-order chi connectivity index (χ0) is 14.3. The molecule has 0 aliphatic rings. The molecule has 0 amide bonds. The Bertz CT molecular complexity index is 823. The molecule has 0 unspecified atom stereocenters. The quantitative estimate of drug-likeness (QED) is 0.544. The van der Waals surface area contributed by atoms with E-state index in [4.69, 9.17) is 9.47 Å². The fourth-order valence-corrected chi connectivity index (χ4v) is 2.83. The van der Waals surface area contributed by atoms with E-state index in [-0.39, 0.29) is 5.97 Å². The average molecular weight is 381 g/mol. The number of H-pyrrole nitrogens is 1. The number of hydrogen-bond donors (Lipinski definition) is 1. The molecule has 2 aromatic carbocycles. The Morgan fingerprint density at radius 2 is 1.95 bits per heavy atom. The minimum atomic E-state index is -0.370. The van der Waals surface area contributed by atoms with Crippen molar-refractivity contribution in [3.63, 3.8) is 0 Å². The van der Waals surface area contributed by atoms with Gasteiger partial charge in [-0.3, -0.25) is 0 Å². The van der Waals surface area contributed by atoms with Gasteiger partial charge in [-0.15, -0.1) is 0 Å². The van der Waals surface area contributed by atoms with Crippen molar-refractivity contribution < 1.29 is 14.3 Å². The van der Waals surface area contributed by atoms with Gasteiger partial charge in [0.25, 0.3) is 0 Å². The van der Waals surface area contributed by atoms with Crippen LogP contribution in [-0.4, -0.2) is 25.2 Å². The van der Waals surface area contributed by atoms with Crippen molar-refractivity contribution in [2.75, 3.05) is 14.2 Å². The first-order valence-electron chi connectivity index (χ1n) is 6.01. The van der Waals surface area contributed by atoms with Crippen LogP contribution in [0.3, 0.4) is 0 Å². The van der Waals surface area contributed by atoms with E-state index >= 15 is 0 Å². The molecule has 1 N–H and O–H groups in total. The number of benzene rings is 2. The second-order valence-corrected chi connectivity index (χ2v) is 5.65. The number of rotatable bonds is 2. The lowest BCUT2D eigenvalue weighted by Gasteiger charge is -2.05. The summed E-state index contributed by atoms with van der Waals surface area (Å²) in [6, 6.07) is 9.66. The molecule has 0 fully saturated rings. The molecule has 5 heteroatoms. The van der Waals surface area contributed by atoms with Crippen molar-refractivity contribution >= 4 is 50.4 Å². The number of esters is 1. The van der Waals surface area contributed by atoms with Crippen LogP contribution >= 0.6 is 22.6 Å². The lowest BCUT2D eigenvalue weighted by Crippen LogP contribution is -2.01. The zero-order valence-electron chi connectivity index (χ0n) is 11.0. The van der Waals surface area contributed by atoms with Gasteiger partial charge < -0.3 is 14.5 Å². The van der Waals surface area contributed by atoms with Gasteiger partial charge >= 0.3 is 5.97 Å². The van der Waals surface area contributed by atoms with E-state index in [1.165, 1.54) is 7.11 Å². The van der Waals surface area contributed by atoms with Gasteiger partial charge in [-0.25, -0.2) is 4.79 Å². The Morgan fingerprint density at radius 3 is 2.65 bits per heavy atom. The molecule has 3 rings (SSSR count). The fourth-order valence-electron chi connectivity index (χ4n) is 2.34. The van der Waals surface area contributed by atoms with Crippen molar-refractivity contribution in [3.8, 4) is 5.75 Å². The monoisotopic (exact) mass is 381 g/mol. The second-order valence-electron chi connectivity index (χ2n) is 4.41. The molecule has 102 valence electrons. The van der Waals surface area contributed by atoms with E-state index in [2.05, 4.69) is 33.6 Å². The largest absolute Gasteiger partial charge is 0.495 e. The van der Waals surface area contributed by atoms with E-state index in [0.29, 0.717) is 11.3 Å². The van der Waals surface area contributed by atoms with Crippen LogP contribution in [0.2, 0.25) is 0 Å². The molecule has 0 saturated carbocycles. The SMILES string of the molecule is COC(=O)c1cc(OC)c2[nH]c3ccc(I)cc3c2c1. The number of aromatic amines is 1. The first-order chi connectivity index (χ1) is 9.63. The number of halogens is 1. The Morgan fingerprint density at radius 1 is 1.15 bits per heavy atom. The molecule has 4 nitrogen and oxygen atoms in total. The lowest BCUT2D eigenvalue weighted by atomic mass is 10.1. The summed E-state index contributed by atoms with van der Waals surface area (Å²) in [5, 5.41) is 2.02. The van der Waals surface area contributed by atoms with Crippen LogP contribution in [0, 0.1) is 3.57 Å². The Hall–Kier alpha value is -1.76. The van der Waals surface area contributed by atoms with Gasteiger partial charge in [-0.1, -0.05) is 0 Å². The predicted octanol–water partition coefficient (Wildman–Crippen LogP) is 3.72. The summed E-state index contributed by atoms with van der Waals surface area (Å²) in [4.78, 5) is 15.1. The molecule has 0 saturated heterocycles. The first-order valence-corrected chi connectivity index (χ1v) is 7.09. The average Bonchev–Trinajstić information content (AvgIpc) is 2.83. The van der Waals surface area contributed by atoms with Crippen LogP contribution in [-0.2, 0) is 4.74 Å². The van der Waals surface area contributed by atoms with Gasteiger partial charge in [-0.2, -0.15) is 0 Å². The van der Waals surface area contributed by atoms with Crippen molar-refractivity contribution in [2.45, 2.75) is 0 Å². The number of methoxy groups -OCH3 is 2. The highest BCUT2D eigenvalue weighted by atomic mass is 127. The smallest absolute Gasteiger partial charge is 0.338 e. The van der Waals surface area contributed by atoms with Crippen LogP contribution in [0.15, 0.2) is 30.3 Å². The summed E-state index contributed by atoms with van der Waals surface area (Å²) in [7, 11) is 2.96. The molecule has 1 heterocycles. The summed E-state index contributed by atoms with van der Waals surface area (Å²) in [5.41, 5.74) is 2.38. The van der Waals surface area contributed by atoms with E-state index in [0.717, 1.165) is 25.4 Å². The molecule has 0 atom stereocenters. The molecule has 0 spiro atoms.